The zero-order valence-electron chi connectivity index (χ0n) is 16.1. The third kappa shape index (κ3) is 5.22. The van der Waals surface area contributed by atoms with E-state index in [0.717, 1.165) is 16.5 Å². The molecule has 3 aromatic rings. The first-order chi connectivity index (χ1) is 14.0. The summed E-state index contributed by atoms with van der Waals surface area (Å²) in [5.41, 5.74) is 1.45. The van der Waals surface area contributed by atoms with E-state index in [4.69, 9.17) is 13.9 Å². The van der Waals surface area contributed by atoms with Crippen molar-refractivity contribution in [1.29, 1.82) is 0 Å². The molecule has 29 heavy (non-hydrogen) atoms. The lowest BCUT2D eigenvalue weighted by molar-refractivity contribution is -0.136. The van der Waals surface area contributed by atoms with Crippen LogP contribution in [0.5, 0.6) is 5.75 Å². The predicted molar refractivity (Wildman–Crippen MR) is 107 cm³/mol. The summed E-state index contributed by atoms with van der Waals surface area (Å²) in [6, 6.07) is 14.5. The number of carbonyl (C=O) groups is 2. The van der Waals surface area contributed by atoms with Crippen LogP contribution < -0.4 is 15.7 Å². The van der Waals surface area contributed by atoms with Gasteiger partial charge in [-0.25, -0.2) is 14.4 Å². The van der Waals surface area contributed by atoms with E-state index >= 15 is 0 Å². The van der Waals surface area contributed by atoms with Crippen molar-refractivity contribution in [2.75, 3.05) is 0 Å². The number of rotatable bonds is 6. The number of nitrogens with one attached hydrogen (secondary N) is 1. The summed E-state index contributed by atoms with van der Waals surface area (Å²) in [6.07, 6.45) is -0.390. The van der Waals surface area contributed by atoms with Gasteiger partial charge in [-0.1, -0.05) is 37.3 Å². The molecule has 0 radical (unpaired) electrons. The fraction of sp³-hybridized carbons (Fsp3) is 0.227. The maximum Gasteiger partial charge on any atom is 0.408 e. The number of benzene rings is 2. The van der Waals surface area contributed by atoms with Crippen LogP contribution in [0.1, 0.15) is 24.5 Å². The standard InChI is InChI=1S/C22H21NO6/c1-3-18(23-22(26)27-13-15-7-5-4-6-8-15)21(25)28-16-9-10-17-14(2)11-20(24)29-19(17)12-16/h4-12,18H,3,13H2,1-2H3,(H,23,26)/t18-/m0/s1. The molecule has 1 amide bonds. The highest BCUT2D eigenvalue weighted by molar-refractivity contribution is 5.85. The van der Waals surface area contributed by atoms with Gasteiger partial charge >= 0.3 is 17.7 Å². The second-order valence-corrected chi connectivity index (χ2v) is 6.49. The third-order valence-corrected chi connectivity index (χ3v) is 4.34. The number of hydrogen-bond acceptors (Lipinski definition) is 6. The van der Waals surface area contributed by atoms with Gasteiger partial charge in [0.25, 0.3) is 0 Å². The Morgan fingerprint density at radius 1 is 1.10 bits per heavy atom. The molecule has 7 heteroatoms. The van der Waals surface area contributed by atoms with Crippen LogP contribution in [0.4, 0.5) is 4.79 Å². The average Bonchev–Trinajstić information content (AvgIpc) is 2.70. The summed E-state index contributed by atoms with van der Waals surface area (Å²) >= 11 is 0. The predicted octanol–water partition coefficient (Wildman–Crippen LogP) is 3.71. The van der Waals surface area contributed by atoms with Gasteiger partial charge in [0.05, 0.1) is 0 Å². The Bertz CT molecular complexity index is 1070. The van der Waals surface area contributed by atoms with Gasteiger partial charge < -0.3 is 19.2 Å². The van der Waals surface area contributed by atoms with Crippen molar-refractivity contribution in [2.45, 2.75) is 32.9 Å². The number of fused-ring (bicyclic) bond motifs is 1. The molecule has 2 aromatic carbocycles. The number of ether oxygens (including phenoxy) is 2. The molecule has 0 saturated heterocycles. The molecule has 150 valence electrons. The van der Waals surface area contributed by atoms with Gasteiger partial charge in [0, 0.05) is 17.5 Å². The van der Waals surface area contributed by atoms with Crippen LogP contribution in [0.15, 0.2) is 63.8 Å². The first-order valence-electron chi connectivity index (χ1n) is 9.19. The van der Waals surface area contributed by atoms with E-state index in [1.807, 2.05) is 30.3 Å². The van der Waals surface area contributed by atoms with Crippen molar-refractivity contribution in [3.63, 3.8) is 0 Å². The number of aryl methyl sites for hydroxylation is 1. The Morgan fingerprint density at radius 2 is 1.86 bits per heavy atom. The number of carbonyl (C=O) groups excluding carboxylic acids is 2. The Kier molecular flexibility index (Phi) is 6.29. The molecule has 0 aliphatic heterocycles. The summed E-state index contributed by atoms with van der Waals surface area (Å²) in [7, 11) is 0. The SMILES string of the molecule is CC[C@H](NC(=O)OCc1ccccc1)C(=O)Oc1ccc2c(C)cc(=O)oc2c1. The van der Waals surface area contributed by atoms with Crippen LogP contribution >= 0.6 is 0 Å². The largest absolute Gasteiger partial charge is 0.445 e. The topological polar surface area (TPSA) is 94.8 Å². The summed E-state index contributed by atoms with van der Waals surface area (Å²) in [6.45, 7) is 3.64. The molecule has 1 aromatic heterocycles. The van der Waals surface area contributed by atoms with Crippen LogP contribution in [0.25, 0.3) is 11.0 Å². The van der Waals surface area contributed by atoms with Gasteiger partial charge in [-0.15, -0.1) is 0 Å². The fourth-order valence-electron chi connectivity index (χ4n) is 2.79. The van der Waals surface area contributed by atoms with E-state index in [-0.39, 0.29) is 12.4 Å². The van der Waals surface area contributed by atoms with Gasteiger partial charge in [0.2, 0.25) is 0 Å². The van der Waals surface area contributed by atoms with E-state index < -0.39 is 23.7 Å². The van der Waals surface area contributed by atoms with Crippen LogP contribution in [0, 0.1) is 6.92 Å². The maximum absolute atomic E-state index is 12.4. The molecule has 0 aliphatic carbocycles. The van der Waals surface area contributed by atoms with Crippen molar-refractivity contribution in [1.82, 2.24) is 5.32 Å². The van der Waals surface area contributed by atoms with Gasteiger partial charge in [-0.3, -0.25) is 0 Å². The van der Waals surface area contributed by atoms with E-state index in [0.29, 0.717) is 12.0 Å². The first-order valence-corrected chi connectivity index (χ1v) is 9.19. The van der Waals surface area contributed by atoms with E-state index in [2.05, 4.69) is 5.32 Å². The second-order valence-electron chi connectivity index (χ2n) is 6.49. The minimum absolute atomic E-state index is 0.0984. The van der Waals surface area contributed by atoms with Gasteiger partial charge in [0.15, 0.2) is 0 Å². The molecule has 0 fully saturated rings. The Hall–Kier alpha value is -3.61. The highest BCUT2D eigenvalue weighted by Gasteiger charge is 2.22. The highest BCUT2D eigenvalue weighted by atomic mass is 16.6. The molecule has 1 N–H and O–H groups in total. The van der Waals surface area contributed by atoms with Crippen LogP contribution in [-0.4, -0.2) is 18.1 Å². The van der Waals surface area contributed by atoms with E-state index in [1.165, 1.54) is 12.1 Å². The second kappa shape index (κ2) is 9.05. The number of alkyl carbamates (subject to hydrolysis) is 1. The van der Waals surface area contributed by atoms with Gasteiger partial charge in [0.1, 0.15) is 24.0 Å². The molecule has 0 spiro atoms. The minimum Gasteiger partial charge on any atom is -0.445 e. The number of esters is 1. The summed E-state index contributed by atoms with van der Waals surface area (Å²) < 4.78 is 15.6. The zero-order chi connectivity index (χ0) is 20.8. The molecule has 0 bridgehead atoms. The van der Waals surface area contributed by atoms with Crippen LogP contribution in [0.2, 0.25) is 0 Å². The molecule has 0 aliphatic rings. The highest BCUT2D eigenvalue weighted by Crippen LogP contribution is 2.22. The quantitative estimate of drug-likeness (QED) is 0.388. The van der Waals surface area contributed by atoms with E-state index in [1.54, 1.807) is 26.0 Å². The summed E-state index contributed by atoms with van der Waals surface area (Å²) in [5, 5.41) is 3.25. The zero-order valence-corrected chi connectivity index (χ0v) is 16.1. The lowest BCUT2D eigenvalue weighted by Crippen LogP contribution is -2.42. The molecule has 7 nitrogen and oxygen atoms in total. The molecule has 0 unspecified atom stereocenters. The summed E-state index contributed by atoms with van der Waals surface area (Å²) in [5.74, 6) is -0.423. The molecule has 1 heterocycles. The van der Waals surface area contributed by atoms with Gasteiger partial charge in [-0.2, -0.15) is 0 Å². The van der Waals surface area contributed by atoms with Crippen molar-refractivity contribution in [2.24, 2.45) is 0 Å². The van der Waals surface area contributed by atoms with Crippen molar-refractivity contribution in [3.05, 3.63) is 76.1 Å². The molecule has 0 saturated carbocycles. The Labute approximate surface area is 167 Å². The Balaban J connectivity index is 1.62. The lowest BCUT2D eigenvalue weighted by Gasteiger charge is -2.16. The monoisotopic (exact) mass is 395 g/mol. The maximum atomic E-state index is 12.4. The van der Waals surface area contributed by atoms with E-state index in [9.17, 15) is 14.4 Å². The smallest absolute Gasteiger partial charge is 0.408 e. The minimum atomic E-state index is -0.876. The van der Waals surface area contributed by atoms with Crippen LogP contribution in [-0.2, 0) is 16.1 Å². The fourth-order valence-corrected chi connectivity index (χ4v) is 2.79. The molecular formula is C22H21NO6. The average molecular weight is 395 g/mol. The van der Waals surface area contributed by atoms with Crippen molar-refractivity contribution < 1.29 is 23.5 Å². The normalized spacial score (nSPS) is 11.7. The van der Waals surface area contributed by atoms with Gasteiger partial charge in [-0.05, 0) is 36.6 Å². The molecular weight excluding hydrogens is 374 g/mol. The number of amides is 1. The van der Waals surface area contributed by atoms with Crippen molar-refractivity contribution >= 4 is 23.0 Å². The number of hydrogen-bond donors (Lipinski definition) is 1. The summed E-state index contributed by atoms with van der Waals surface area (Å²) in [4.78, 5) is 36.0. The third-order valence-electron chi connectivity index (χ3n) is 4.34. The molecule has 1 atom stereocenters. The van der Waals surface area contributed by atoms with Crippen LogP contribution in [0.3, 0.4) is 0 Å². The van der Waals surface area contributed by atoms with Crippen molar-refractivity contribution in [3.8, 4) is 5.75 Å². The lowest BCUT2D eigenvalue weighted by atomic mass is 10.1. The first kappa shape index (κ1) is 20.1. The molecule has 3 rings (SSSR count). The Morgan fingerprint density at radius 3 is 2.59 bits per heavy atom.